The van der Waals surface area contributed by atoms with Gasteiger partial charge in [0.15, 0.2) is 5.78 Å². The lowest BCUT2D eigenvalue weighted by atomic mass is 9.92. The number of rotatable bonds is 2. The van der Waals surface area contributed by atoms with Gasteiger partial charge in [0.1, 0.15) is 6.10 Å². The van der Waals surface area contributed by atoms with E-state index >= 15 is 0 Å². The van der Waals surface area contributed by atoms with Crippen molar-refractivity contribution >= 4 is 5.78 Å². The molecular weight excluding hydrogens is 180 g/mol. The van der Waals surface area contributed by atoms with Crippen molar-refractivity contribution in [2.75, 3.05) is 0 Å². The van der Waals surface area contributed by atoms with Crippen LogP contribution in [0.25, 0.3) is 0 Å². The Balaban J connectivity index is 2.33. The molecule has 2 N–H and O–H groups in total. The van der Waals surface area contributed by atoms with Crippen molar-refractivity contribution in [1.82, 2.24) is 0 Å². The van der Waals surface area contributed by atoms with Gasteiger partial charge in [0, 0.05) is 11.5 Å². The van der Waals surface area contributed by atoms with Gasteiger partial charge in [0.2, 0.25) is 0 Å². The maximum absolute atomic E-state index is 11.6. The molecule has 0 heterocycles. The molecule has 3 nitrogen and oxygen atoms in total. The Bertz CT molecular complexity index is 316. The van der Waals surface area contributed by atoms with E-state index in [2.05, 4.69) is 6.58 Å². The predicted molar refractivity (Wildman–Crippen MR) is 51.6 cm³/mol. The Morgan fingerprint density at radius 1 is 1.50 bits per heavy atom. The standard InChI is InChI=1S/C11H14O3/c1-2-3-6-9-7(4-5-8(9)12)11(14)10(6)13/h2,6,8,10,12-13H,1,3-5H2. The molecule has 2 aliphatic carbocycles. The van der Waals surface area contributed by atoms with E-state index in [4.69, 9.17) is 0 Å². The summed E-state index contributed by atoms with van der Waals surface area (Å²) in [4.78, 5) is 11.6. The Kier molecular flexibility index (Phi) is 2.29. The fourth-order valence-corrected chi connectivity index (χ4v) is 2.49. The summed E-state index contributed by atoms with van der Waals surface area (Å²) in [7, 11) is 0. The molecule has 3 heteroatoms. The van der Waals surface area contributed by atoms with Crippen LogP contribution in [0.15, 0.2) is 23.8 Å². The minimum Gasteiger partial charge on any atom is -0.389 e. The monoisotopic (exact) mass is 194 g/mol. The molecule has 0 fully saturated rings. The summed E-state index contributed by atoms with van der Waals surface area (Å²) < 4.78 is 0. The molecule has 2 aliphatic rings. The summed E-state index contributed by atoms with van der Waals surface area (Å²) in [5, 5.41) is 19.3. The minimum atomic E-state index is -0.951. The number of carbonyl (C=O) groups excluding carboxylic acids is 1. The Labute approximate surface area is 82.7 Å². The van der Waals surface area contributed by atoms with Crippen LogP contribution in [0.4, 0.5) is 0 Å². The largest absolute Gasteiger partial charge is 0.389 e. The number of aliphatic hydroxyl groups excluding tert-OH is 2. The molecule has 0 amide bonds. The smallest absolute Gasteiger partial charge is 0.187 e. The maximum atomic E-state index is 11.6. The van der Waals surface area contributed by atoms with Crippen molar-refractivity contribution in [2.24, 2.45) is 5.92 Å². The molecule has 3 unspecified atom stereocenters. The molecule has 2 rings (SSSR count). The summed E-state index contributed by atoms with van der Waals surface area (Å²) in [5.41, 5.74) is 1.43. The second-order valence-corrected chi connectivity index (χ2v) is 3.93. The van der Waals surface area contributed by atoms with Crippen molar-refractivity contribution in [1.29, 1.82) is 0 Å². The molecule has 0 aromatic rings. The van der Waals surface area contributed by atoms with Gasteiger partial charge in [-0.2, -0.15) is 0 Å². The van der Waals surface area contributed by atoms with Crippen LogP contribution >= 0.6 is 0 Å². The van der Waals surface area contributed by atoms with Gasteiger partial charge < -0.3 is 10.2 Å². The summed E-state index contributed by atoms with van der Waals surface area (Å²) >= 11 is 0. The summed E-state index contributed by atoms with van der Waals surface area (Å²) in [6, 6.07) is 0. The van der Waals surface area contributed by atoms with E-state index in [0.29, 0.717) is 24.8 Å². The number of hydrogen-bond acceptors (Lipinski definition) is 3. The molecule has 14 heavy (non-hydrogen) atoms. The van der Waals surface area contributed by atoms with E-state index in [1.54, 1.807) is 6.08 Å². The lowest BCUT2D eigenvalue weighted by Crippen LogP contribution is -2.27. The van der Waals surface area contributed by atoms with Crippen LogP contribution in [0.1, 0.15) is 19.3 Å². The van der Waals surface area contributed by atoms with E-state index < -0.39 is 12.2 Å². The highest BCUT2D eigenvalue weighted by atomic mass is 16.3. The average Bonchev–Trinajstić information content (AvgIpc) is 2.63. The predicted octanol–water partition coefficient (Wildman–Crippen LogP) is 0.574. The zero-order valence-corrected chi connectivity index (χ0v) is 7.94. The lowest BCUT2D eigenvalue weighted by Gasteiger charge is -2.18. The van der Waals surface area contributed by atoms with Gasteiger partial charge in [-0.05, 0) is 24.8 Å². The first kappa shape index (κ1) is 9.62. The molecular formula is C11H14O3. The summed E-state index contributed by atoms with van der Waals surface area (Å²) in [5.74, 6) is -0.420. The van der Waals surface area contributed by atoms with Crippen molar-refractivity contribution in [3.8, 4) is 0 Å². The number of ketones is 1. The Morgan fingerprint density at radius 3 is 2.86 bits per heavy atom. The van der Waals surface area contributed by atoms with Gasteiger partial charge in [-0.3, -0.25) is 4.79 Å². The lowest BCUT2D eigenvalue weighted by molar-refractivity contribution is -0.123. The van der Waals surface area contributed by atoms with E-state index in [1.807, 2.05) is 0 Å². The van der Waals surface area contributed by atoms with Crippen molar-refractivity contribution in [3.05, 3.63) is 23.8 Å². The van der Waals surface area contributed by atoms with Crippen LogP contribution in [-0.4, -0.2) is 28.2 Å². The van der Waals surface area contributed by atoms with Crippen molar-refractivity contribution in [2.45, 2.75) is 31.5 Å². The Hall–Kier alpha value is -0.930. The van der Waals surface area contributed by atoms with Crippen LogP contribution in [0, 0.1) is 5.92 Å². The van der Waals surface area contributed by atoms with E-state index in [0.717, 1.165) is 5.57 Å². The molecule has 0 aromatic carbocycles. The summed E-state index contributed by atoms with van der Waals surface area (Å²) in [6.07, 6.45) is 1.99. The van der Waals surface area contributed by atoms with Crippen LogP contribution in [-0.2, 0) is 4.79 Å². The van der Waals surface area contributed by atoms with Crippen LogP contribution in [0.2, 0.25) is 0 Å². The highest BCUT2D eigenvalue weighted by Crippen LogP contribution is 2.42. The zero-order chi connectivity index (χ0) is 10.3. The van der Waals surface area contributed by atoms with Gasteiger partial charge in [0.05, 0.1) is 6.10 Å². The van der Waals surface area contributed by atoms with Gasteiger partial charge in [-0.25, -0.2) is 0 Å². The fraction of sp³-hybridized carbons (Fsp3) is 0.545. The summed E-state index contributed by atoms with van der Waals surface area (Å²) in [6.45, 7) is 3.60. The second-order valence-electron chi connectivity index (χ2n) is 3.93. The molecule has 0 aliphatic heterocycles. The highest BCUT2D eigenvalue weighted by Gasteiger charge is 2.45. The molecule has 0 aromatic heterocycles. The highest BCUT2D eigenvalue weighted by molar-refractivity contribution is 6.03. The van der Waals surface area contributed by atoms with Gasteiger partial charge in [-0.15, -0.1) is 6.58 Å². The number of carbonyl (C=O) groups is 1. The third-order valence-corrected chi connectivity index (χ3v) is 3.14. The van der Waals surface area contributed by atoms with Crippen LogP contribution in [0.3, 0.4) is 0 Å². The molecule has 76 valence electrons. The average molecular weight is 194 g/mol. The van der Waals surface area contributed by atoms with E-state index in [1.165, 1.54) is 0 Å². The van der Waals surface area contributed by atoms with Gasteiger partial charge in [0.25, 0.3) is 0 Å². The van der Waals surface area contributed by atoms with Crippen molar-refractivity contribution < 1.29 is 15.0 Å². The normalized spacial score (nSPS) is 36.4. The van der Waals surface area contributed by atoms with E-state index in [9.17, 15) is 15.0 Å². The first-order valence-corrected chi connectivity index (χ1v) is 4.91. The van der Waals surface area contributed by atoms with Gasteiger partial charge in [-0.1, -0.05) is 6.08 Å². The molecule has 0 saturated heterocycles. The number of allylic oxidation sites excluding steroid dienone is 1. The number of aliphatic hydroxyl groups is 2. The van der Waals surface area contributed by atoms with Crippen LogP contribution < -0.4 is 0 Å². The number of hydrogen-bond donors (Lipinski definition) is 2. The topological polar surface area (TPSA) is 57.5 Å². The second kappa shape index (κ2) is 3.33. The third kappa shape index (κ3) is 1.16. The molecule has 3 atom stereocenters. The Morgan fingerprint density at radius 2 is 2.21 bits per heavy atom. The minimum absolute atomic E-state index is 0.191. The van der Waals surface area contributed by atoms with E-state index in [-0.39, 0.29) is 11.7 Å². The SMILES string of the molecule is C=CCC1C2=C(CCC2O)C(=O)C1O. The molecule has 0 bridgehead atoms. The first-order valence-electron chi connectivity index (χ1n) is 4.91. The first-order chi connectivity index (χ1) is 6.66. The van der Waals surface area contributed by atoms with Crippen molar-refractivity contribution in [3.63, 3.8) is 0 Å². The quantitative estimate of drug-likeness (QED) is 0.632. The zero-order valence-electron chi connectivity index (χ0n) is 7.94. The number of Topliss-reactive ketones (excluding diaryl/α,β-unsaturated/α-hetero) is 1. The molecule has 0 spiro atoms. The molecule has 0 saturated carbocycles. The van der Waals surface area contributed by atoms with Gasteiger partial charge >= 0.3 is 0 Å². The molecule has 0 radical (unpaired) electrons. The third-order valence-electron chi connectivity index (χ3n) is 3.14. The fourth-order valence-electron chi connectivity index (χ4n) is 2.49. The maximum Gasteiger partial charge on any atom is 0.187 e. The van der Waals surface area contributed by atoms with Crippen LogP contribution in [0.5, 0.6) is 0 Å².